The van der Waals surface area contributed by atoms with Gasteiger partial charge in [0, 0.05) is 74.0 Å². The van der Waals surface area contributed by atoms with Gasteiger partial charge in [-0.25, -0.2) is 0 Å². The number of methoxy groups -OCH3 is 1. The van der Waals surface area contributed by atoms with Crippen LogP contribution in [0.25, 0.3) is 0 Å². The molecule has 3 aromatic rings. The predicted molar refractivity (Wildman–Crippen MR) is 181 cm³/mol. The maximum atomic E-state index is 13.3. The van der Waals surface area contributed by atoms with E-state index in [0.29, 0.717) is 70.2 Å². The van der Waals surface area contributed by atoms with Gasteiger partial charge in [-0.15, -0.1) is 0 Å². The van der Waals surface area contributed by atoms with E-state index in [1.165, 1.54) is 0 Å². The van der Waals surface area contributed by atoms with Gasteiger partial charge in [0.25, 0.3) is 5.91 Å². The van der Waals surface area contributed by atoms with Crippen molar-refractivity contribution in [2.24, 2.45) is 4.99 Å². The molecule has 1 unspecified atom stereocenters. The Balaban J connectivity index is 0.986. The van der Waals surface area contributed by atoms with Gasteiger partial charge in [-0.3, -0.25) is 29.2 Å². The van der Waals surface area contributed by atoms with E-state index < -0.39 is 5.72 Å². The molecule has 47 heavy (non-hydrogen) atoms. The minimum Gasteiger partial charge on any atom is -0.493 e. The summed E-state index contributed by atoms with van der Waals surface area (Å²) < 4.78 is 12.3. The van der Waals surface area contributed by atoms with Crippen LogP contribution in [0.5, 0.6) is 11.5 Å². The third-order valence-electron chi connectivity index (χ3n) is 9.37. The Labute approximate surface area is 283 Å². The maximum Gasteiger partial charge on any atom is 0.256 e. The molecule has 0 bridgehead atoms. The molecule has 10 nitrogen and oxygen atoms in total. The number of rotatable bonds is 9. The SMILES string of the molecule is COc1cc2c(cc1OC1(N3CCN(CC(=O)Nc4ccc(Cl)cc4C(=O)c4ccccc4Cl)CC3)CC1)N=CC1CCCN1C2=O. The number of anilines is 1. The largest absolute Gasteiger partial charge is 0.493 e. The molecule has 1 aliphatic carbocycles. The van der Waals surface area contributed by atoms with Crippen LogP contribution in [0.15, 0.2) is 59.6 Å². The molecule has 0 aromatic heterocycles. The molecule has 3 heterocycles. The maximum absolute atomic E-state index is 13.3. The van der Waals surface area contributed by atoms with Gasteiger partial charge in [0.2, 0.25) is 5.91 Å². The highest BCUT2D eigenvalue weighted by molar-refractivity contribution is 6.36. The highest BCUT2D eigenvalue weighted by Gasteiger charge is 2.52. The van der Waals surface area contributed by atoms with Gasteiger partial charge in [-0.05, 0) is 49.2 Å². The van der Waals surface area contributed by atoms with E-state index in [4.69, 9.17) is 32.7 Å². The first-order chi connectivity index (χ1) is 22.7. The highest BCUT2D eigenvalue weighted by Crippen LogP contribution is 2.47. The van der Waals surface area contributed by atoms with Crippen LogP contribution in [0.3, 0.4) is 0 Å². The van der Waals surface area contributed by atoms with Crippen LogP contribution in [0.4, 0.5) is 11.4 Å². The molecule has 3 fully saturated rings. The number of hydrogen-bond acceptors (Lipinski definition) is 8. The average Bonchev–Trinajstić information content (AvgIpc) is 3.73. The summed E-state index contributed by atoms with van der Waals surface area (Å²) in [6.45, 7) is 3.67. The van der Waals surface area contributed by atoms with Crippen LogP contribution in [0, 0.1) is 0 Å². The van der Waals surface area contributed by atoms with Gasteiger partial charge < -0.3 is 19.7 Å². The van der Waals surface area contributed by atoms with Crippen LogP contribution < -0.4 is 14.8 Å². The van der Waals surface area contributed by atoms with Crippen molar-refractivity contribution < 1.29 is 23.9 Å². The molecule has 7 rings (SSSR count). The topological polar surface area (TPSA) is 104 Å². The van der Waals surface area contributed by atoms with E-state index in [-0.39, 0.29) is 35.7 Å². The van der Waals surface area contributed by atoms with E-state index in [2.05, 4.69) is 20.1 Å². The van der Waals surface area contributed by atoms with Gasteiger partial charge in [0.1, 0.15) is 0 Å². The van der Waals surface area contributed by atoms with Gasteiger partial charge in [-0.2, -0.15) is 0 Å². The first kappa shape index (κ1) is 31.6. The molecule has 1 N–H and O–H groups in total. The minimum atomic E-state index is -0.467. The Morgan fingerprint density at radius 2 is 1.77 bits per heavy atom. The van der Waals surface area contributed by atoms with Gasteiger partial charge in [-0.1, -0.05) is 35.3 Å². The Morgan fingerprint density at radius 3 is 2.51 bits per heavy atom. The van der Waals surface area contributed by atoms with Crippen molar-refractivity contribution in [2.45, 2.75) is 37.5 Å². The van der Waals surface area contributed by atoms with Crippen molar-refractivity contribution in [2.75, 3.05) is 51.7 Å². The second kappa shape index (κ2) is 12.9. The van der Waals surface area contributed by atoms with Crippen LogP contribution in [0.1, 0.15) is 52.0 Å². The van der Waals surface area contributed by atoms with Crippen molar-refractivity contribution in [1.29, 1.82) is 0 Å². The third kappa shape index (κ3) is 6.35. The van der Waals surface area contributed by atoms with Crippen molar-refractivity contribution >= 4 is 58.4 Å². The highest BCUT2D eigenvalue weighted by atomic mass is 35.5. The zero-order valence-corrected chi connectivity index (χ0v) is 27.5. The minimum absolute atomic E-state index is 0.0226. The second-order valence-corrected chi connectivity index (χ2v) is 13.2. The summed E-state index contributed by atoms with van der Waals surface area (Å²) in [5, 5.41) is 3.62. The van der Waals surface area contributed by atoms with Crippen molar-refractivity contribution in [1.82, 2.24) is 14.7 Å². The number of piperazine rings is 1. The summed E-state index contributed by atoms with van der Waals surface area (Å²) in [5.74, 6) is 0.521. The fourth-order valence-corrected chi connectivity index (χ4v) is 7.09. The molecule has 1 atom stereocenters. The van der Waals surface area contributed by atoms with E-state index >= 15 is 0 Å². The summed E-state index contributed by atoms with van der Waals surface area (Å²) in [7, 11) is 1.58. The first-order valence-corrected chi connectivity index (χ1v) is 16.6. The normalized spacial score (nSPS) is 20.3. The number of fused-ring (bicyclic) bond motifs is 2. The van der Waals surface area contributed by atoms with Crippen LogP contribution in [-0.2, 0) is 4.79 Å². The summed E-state index contributed by atoms with van der Waals surface area (Å²) in [4.78, 5) is 50.7. The van der Waals surface area contributed by atoms with Gasteiger partial charge in [0.15, 0.2) is 23.0 Å². The number of nitrogens with zero attached hydrogens (tertiary/aromatic N) is 4. The number of aliphatic imine (C=N–C) groups is 1. The summed E-state index contributed by atoms with van der Waals surface area (Å²) in [6, 6.07) is 15.2. The zero-order valence-electron chi connectivity index (χ0n) is 26.0. The standard InChI is InChI=1S/C35H35Cl2N5O5/c1-46-30-18-26-29(38-20-23-5-4-12-42(23)34(26)45)19-31(30)47-35(10-11-35)41-15-13-40(14-16-41)21-32(43)39-28-9-8-22(36)17-25(28)33(44)24-6-2-3-7-27(24)37/h2-3,6-9,17-20,23H,4-5,10-16,21H2,1H3,(H,39,43). The molecule has 3 aromatic carbocycles. The van der Waals surface area contributed by atoms with E-state index in [1.807, 2.05) is 17.2 Å². The molecule has 2 amide bonds. The van der Waals surface area contributed by atoms with Crippen LogP contribution in [-0.4, -0.2) is 96.7 Å². The fraction of sp³-hybridized carbons (Fsp3) is 0.371. The van der Waals surface area contributed by atoms with Gasteiger partial charge in [0.05, 0.1) is 41.7 Å². The average molecular weight is 677 g/mol. The molecule has 2 saturated heterocycles. The number of carbonyl (C=O) groups excluding carboxylic acids is 3. The molecule has 244 valence electrons. The molecule has 1 saturated carbocycles. The quantitative estimate of drug-likeness (QED) is 0.291. The lowest BCUT2D eigenvalue weighted by Gasteiger charge is -2.39. The summed E-state index contributed by atoms with van der Waals surface area (Å²) in [6.07, 6.45) is 5.51. The van der Waals surface area contributed by atoms with E-state index in [0.717, 1.165) is 32.2 Å². The Kier molecular flexibility index (Phi) is 8.69. The number of ether oxygens (including phenoxy) is 2. The van der Waals surface area contributed by atoms with Crippen molar-refractivity contribution in [3.63, 3.8) is 0 Å². The molecule has 4 aliphatic rings. The number of nitrogens with one attached hydrogen (secondary N) is 1. The number of hydrogen-bond donors (Lipinski definition) is 1. The lowest BCUT2D eigenvalue weighted by Crippen LogP contribution is -2.54. The van der Waals surface area contributed by atoms with Crippen molar-refractivity contribution in [3.05, 3.63) is 81.3 Å². The first-order valence-electron chi connectivity index (χ1n) is 15.9. The van der Waals surface area contributed by atoms with E-state index in [9.17, 15) is 14.4 Å². The molecule has 0 radical (unpaired) electrons. The molecule has 0 spiro atoms. The second-order valence-electron chi connectivity index (χ2n) is 12.4. The summed E-state index contributed by atoms with van der Waals surface area (Å²) in [5.41, 5.74) is 1.67. The van der Waals surface area contributed by atoms with Crippen LogP contribution in [0.2, 0.25) is 10.0 Å². The third-order valence-corrected chi connectivity index (χ3v) is 9.94. The Bertz CT molecular complexity index is 1770. The lowest BCUT2D eigenvalue weighted by molar-refractivity contribution is -0.118. The smallest absolute Gasteiger partial charge is 0.256 e. The fourth-order valence-electron chi connectivity index (χ4n) is 6.69. The number of ketones is 1. The monoisotopic (exact) mass is 675 g/mol. The number of halogens is 2. The Morgan fingerprint density at radius 1 is 0.979 bits per heavy atom. The van der Waals surface area contributed by atoms with Gasteiger partial charge >= 0.3 is 0 Å². The summed E-state index contributed by atoms with van der Waals surface area (Å²) >= 11 is 12.5. The van der Waals surface area contributed by atoms with E-state index in [1.54, 1.807) is 55.6 Å². The Hall–Kier alpha value is -3.96. The zero-order chi connectivity index (χ0) is 32.7. The number of amides is 2. The van der Waals surface area contributed by atoms with Crippen molar-refractivity contribution in [3.8, 4) is 11.5 Å². The molecule has 3 aliphatic heterocycles. The molecular formula is C35H35Cl2N5O5. The van der Waals surface area contributed by atoms with Crippen LogP contribution >= 0.6 is 23.2 Å². The molecular weight excluding hydrogens is 641 g/mol. The molecule has 12 heteroatoms. The lowest BCUT2D eigenvalue weighted by atomic mass is 10.0. The number of benzene rings is 3. The number of carbonyl (C=O) groups is 3. The predicted octanol–water partition coefficient (Wildman–Crippen LogP) is 5.68.